The molecule has 1 heterocycles. The van der Waals surface area contributed by atoms with Crippen molar-refractivity contribution in [3.8, 4) is 0 Å². The second kappa shape index (κ2) is 7.45. The number of ether oxygens (including phenoxy) is 1. The third-order valence-electron chi connectivity index (χ3n) is 3.09. The van der Waals surface area contributed by atoms with Crippen LogP contribution >= 0.6 is 34.2 Å². The number of unbranched alkanes of at least 4 members (excludes halogenated alkanes) is 1. The standard InChI is InChI=1S/C14H18ClIN2O/c1-19-9-3-2-8-18-13-5-4-11(16)10-12(13)17-14(18)6-7-15/h4-5,10H,2-3,6-9H2,1H3. The molecular weight excluding hydrogens is 375 g/mol. The average Bonchev–Trinajstić information content (AvgIpc) is 2.72. The van der Waals surface area contributed by atoms with Gasteiger partial charge in [0.2, 0.25) is 0 Å². The Morgan fingerprint density at radius 1 is 1.37 bits per heavy atom. The van der Waals surface area contributed by atoms with Crippen LogP contribution in [0.15, 0.2) is 18.2 Å². The molecule has 2 aromatic rings. The number of rotatable bonds is 7. The molecule has 0 radical (unpaired) electrons. The predicted molar refractivity (Wildman–Crippen MR) is 88.0 cm³/mol. The van der Waals surface area contributed by atoms with Crippen LogP contribution in [-0.4, -0.2) is 29.1 Å². The molecule has 0 fully saturated rings. The van der Waals surface area contributed by atoms with Crippen molar-refractivity contribution in [3.63, 3.8) is 0 Å². The Morgan fingerprint density at radius 3 is 2.95 bits per heavy atom. The van der Waals surface area contributed by atoms with E-state index in [-0.39, 0.29) is 0 Å². The maximum Gasteiger partial charge on any atom is 0.111 e. The Labute approximate surface area is 132 Å². The zero-order valence-electron chi connectivity index (χ0n) is 11.0. The molecule has 0 aliphatic rings. The molecule has 3 nitrogen and oxygen atoms in total. The van der Waals surface area contributed by atoms with Crippen LogP contribution in [0.25, 0.3) is 11.0 Å². The van der Waals surface area contributed by atoms with Gasteiger partial charge in [-0.3, -0.25) is 0 Å². The lowest BCUT2D eigenvalue weighted by Crippen LogP contribution is -2.05. The van der Waals surface area contributed by atoms with E-state index in [4.69, 9.17) is 21.3 Å². The van der Waals surface area contributed by atoms with Crippen LogP contribution in [0.5, 0.6) is 0 Å². The molecule has 0 saturated carbocycles. The van der Waals surface area contributed by atoms with E-state index in [1.165, 1.54) is 9.09 Å². The molecule has 104 valence electrons. The molecule has 1 aromatic heterocycles. The second-order valence-corrected chi connectivity index (χ2v) is 6.08. The first-order valence-electron chi connectivity index (χ1n) is 6.46. The quantitative estimate of drug-likeness (QED) is 0.406. The van der Waals surface area contributed by atoms with Gasteiger partial charge in [-0.25, -0.2) is 4.98 Å². The minimum Gasteiger partial charge on any atom is -0.385 e. The average molecular weight is 393 g/mol. The van der Waals surface area contributed by atoms with E-state index in [2.05, 4.69) is 45.4 Å². The van der Waals surface area contributed by atoms with Crippen LogP contribution in [0.4, 0.5) is 0 Å². The topological polar surface area (TPSA) is 27.1 Å². The Bertz CT molecular complexity index is 541. The van der Waals surface area contributed by atoms with Crippen molar-refractivity contribution in [1.29, 1.82) is 0 Å². The Morgan fingerprint density at radius 2 is 2.21 bits per heavy atom. The number of methoxy groups -OCH3 is 1. The Balaban J connectivity index is 2.24. The Kier molecular flexibility index (Phi) is 5.91. The van der Waals surface area contributed by atoms with Gasteiger partial charge in [0.05, 0.1) is 11.0 Å². The van der Waals surface area contributed by atoms with Crippen molar-refractivity contribution in [2.45, 2.75) is 25.8 Å². The third-order valence-corrected chi connectivity index (χ3v) is 3.95. The minimum absolute atomic E-state index is 0.610. The molecule has 0 bridgehead atoms. The van der Waals surface area contributed by atoms with Crippen LogP contribution in [0, 0.1) is 3.57 Å². The molecule has 0 spiro atoms. The first-order valence-corrected chi connectivity index (χ1v) is 8.07. The maximum atomic E-state index is 5.88. The maximum absolute atomic E-state index is 5.88. The molecule has 0 amide bonds. The molecule has 0 unspecified atom stereocenters. The fourth-order valence-electron chi connectivity index (χ4n) is 2.19. The van der Waals surface area contributed by atoms with Crippen LogP contribution in [0.2, 0.25) is 0 Å². The summed E-state index contributed by atoms with van der Waals surface area (Å²) in [7, 11) is 1.74. The number of fused-ring (bicyclic) bond motifs is 1. The fourth-order valence-corrected chi connectivity index (χ4v) is 2.84. The van der Waals surface area contributed by atoms with Crippen LogP contribution in [-0.2, 0) is 17.7 Å². The van der Waals surface area contributed by atoms with E-state index in [1.807, 2.05) is 0 Å². The number of hydrogen-bond acceptors (Lipinski definition) is 2. The summed E-state index contributed by atoms with van der Waals surface area (Å²) >= 11 is 8.19. The molecule has 1 aromatic carbocycles. The molecule has 2 rings (SSSR count). The molecule has 0 saturated heterocycles. The van der Waals surface area contributed by atoms with Crippen molar-refractivity contribution in [2.24, 2.45) is 0 Å². The summed E-state index contributed by atoms with van der Waals surface area (Å²) < 4.78 is 8.60. The molecular formula is C14H18ClIN2O. The normalized spacial score (nSPS) is 11.3. The van der Waals surface area contributed by atoms with Gasteiger partial charge in [0.1, 0.15) is 5.82 Å². The highest BCUT2D eigenvalue weighted by molar-refractivity contribution is 14.1. The van der Waals surface area contributed by atoms with Crippen LogP contribution < -0.4 is 0 Å². The lowest BCUT2D eigenvalue weighted by atomic mass is 10.3. The van der Waals surface area contributed by atoms with Crippen molar-refractivity contribution in [1.82, 2.24) is 9.55 Å². The van der Waals surface area contributed by atoms with E-state index in [1.54, 1.807) is 7.11 Å². The van der Waals surface area contributed by atoms with Gasteiger partial charge in [0.15, 0.2) is 0 Å². The summed E-state index contributed by atoms with van der Waals surface area (Å²) in [4.78, 5) is 4.70. The van der Waals surface area contributed by atoms with Gasteiger partial charge in [-0.05, 0) is 53.6 Å². The van der Waals surface area contributed by atoms with Crippen LogP contribution in [0.3, 0.4) is 0 Å². The van der Waals surface area contributed by atoms with E-state index < -0.39 is 0 Å². The monoisotopic (exact) mass is 392 g/mol. The predicted octanol–water partition coefficient (Wildman–Crippen LogP) is 3.85. The molecule has 0 aliphatic heterocycles. The summed E-state index contributed by atoms with van der Waals surface area (Å²) in [6.45, 7) is 1.79. The SMILES string of the molecule is COCCCCn1c(CCCl)nc2cc(I)ccc21. The van der Waals surface area contributed by atoms with Gasteiger partial charge in [0.25, 0.3) is 0 Å². The highest BCUT2D eigenvalue weighted by Crippen LogP contribution is 2.20. The number of nitrogens with zero attached hydrogens (tertiary/aromatic N) is 2. The highest BCUT2D eigenvalue weighted by Gasteiger charge is 2.10. The van der Waals surface area contributed by atoms with Gasteiger partial charge in [0, 0.05) is 36.1 Å². The summed E-state index contributed by atoms with van der Waals surface area (Å²) in [5.74, 6) is 1.70. The second-order valence-electron chi connectivity index (χ2n) is 4.45. The van der Waals surface area contributed by atoms with E-state index in [0.29, 0.717) is 5.88 Å². The summed E-state index contributed by atoms with van der Waals surface area (Å²) in [5, 5.41) is 0. The summed E-state index contributed by atoms with van der Waals surface area (Å²) in [5.41, 5.74) is 2.27. The number of aromatic nitrogens is 2. The zero-order valence-corrected chi connectivity index (χ0v) is 13.9. The van der Waals surface area contributed by atoms with Crippen molar-refractivity contribution in [3.05, 3.63) is 27.6 Å². The number of imidazole rings is 1. The Hall–Kier alpha value is -0.330. The van der Waals surface area contributed by atoms with E-state index in [9.17, 15) is 0 Å². The number of aryl methyl sites for hydroxylation is 2. The van der Waals surface area contributed by atoms with Crippen molar-refractivity contribution < 1.29 is 4.74 Å². The minimum atomic E-state index is 0.610. The number of halogens is 2. The van der Waals surface area contributed by atoms with Crippen LogP contribution in [0.1, 0.15) is 18.7 Å². The third kappa shape index (κ3) is 3.83. The van der Waals surface area contributed by atoms with Gasteiger partial charge < -0.3 is 9.30 Å². The highest BCUT2D eigenvalue weighted by atomic mass is 127. The molecule has 0 N–H and O–H groups in total. The number of alkyl halides is 1. The van der Waals surface area contributed by atoms with Crippen molar-refractivity contribution in [2.75, 3.05) is 19.6 Å². The summed E-state index contributed by atoms with van der Waals surface area (Å²) in [6.07, 6.45) is 2.98. The lowest BCUT2D eigenvalue weighted by Gasteiger charge is -2.08. The number of hydrogen-bond donors (Lipinski definition) is 0. The van der Waals surface area contributed by atoms with Gasteiger partial charge >= 0.3 is 0 Å². The van der Waals surface area contributed by atoms with Gasteiger partial charge in [-0.15, -0.1) is 11.6 Å². The summed E-state index contributed by atoms with van der Waals surface area (Å²) in [6, 6.07) is 6.40. The fraction of sp³-hybridized carbons (Fsp3) is 0.500. The largest absolute Gasteiger partial charge is 0.385 e. The van der Waals surface area contributed by atoms with E-state index in [0.717, 1.165) is 43.8 Å². The van der Waals surface area contributed by atoms with Gasteiger partial charge in [-0.1, -0.05) is 0 Å². The first kappa shape index (κ1) is 15.1. The van der Waals surface area contributed by atoms with Crippen molar-refractivity contribution >= 4 is 45.2 Å². The smallest absolute Gasteiger partial charge is 0.111 e. The molecule has 0 atom stereocenters. The lowest BCUT2D eigenvalue weighted by molar-refractivity contribution is 0.191. The molecule has 0 aliphatic carbocycles. The molecule has 19 heavy (non-hydrogen) atoms. The molecule has 5 heteroatoms. The first-order chi connectivity index (χ1) is 9.26. The van der Waals surface area contributed by atoms with Gasteiger partial charge in [-0.2, -0.15) is 0 Å². The van der Waals surface area contributed by atoms with E-state index >= 15 is 0 Å². The number of benzene rings is 1. The zero-order chi connectivity index (χ0) is 13.7.